The maximum Gasteiger partial charge on any atom is 0.280 e. The van der Waals surface area contributed by atoms with E-state index in [1.54, 1.807) is 0 Å². The van der Waals surface area contributed by atoms with Crippen molar-refractivity contribution in [2.24, 2.45) is 7.05 Å². The van der Waals surface area contributed by atoms with E-state index in [4.69, 9.17) is 11.6 Å². The molecule has 1 saturated carbocycles. The molecular formula is C13H14ClF2N7O2. The van der Waals surface area contributed by atoms with Crippen molar-refractivity contribution < 1.29 is 13.6 Å². The summed E-state index contributed by atoms with van der Waals surface area (Å²) < 4.78 is 27.7. The number of tetrazole rings is 1. The Hall–Kier alpha value is -2.43. The molecule has 1 aliphatic carbocycles. The number of rotatable bonds is 3. The number of hydrogen-bond acceptors (Lipinski definition) is 6. The highest BCUT2D eigenvalue weighted by atomic mass is 35.5. The molecule has 134 valence electrons. The molecule has 0 saturated heterocycles. The van der Waals surface area contributed by atoms with Crippen molar-refractivity contribution in [1.29, 1.82) is 0 Å². The first-order valence-corrected chi connectivity index (χ1v) is 7.85. The summed E-state index contributed by atoms with van der Waals surface area (Å²) >= 11 is 6.24. The third-order valence-corrected chi connectivity index (χ3v) is 4.51. The molecule has 2 aromatic heterocycles. The Balaban J connectivity index is 1.95. The topological polar surface area (TPSA) is 118 Å². The van der Waals surface area contributed by atoms with Gasteiger partial charge in [0.25, 0.3) is 17.4 Å². The highest BCUT2D eigenvalue weighted by molar-refractivity contribution is 6.34. The van der Waals surface area contributed by atoms with E-state index in [-0.39, 0.29) is 47.9 Å². The number of carbonyl (C=O) groups excluding carboxylic acids is 1. The number of alkyl halides is 2. The SMILES string of the molecule is Cn1nc(C(=O)Nc2nn[nH]n2)c(Cl)c(C2CCC(F)(F)CC2)c1=O. The Kier molecular flexibility index (Phi) is 4.50. The van der Waals surface area contributed by atoms with Gasteiger partial charge in [-0.3, -0.25) is 14.9 Å². The molecule has 1 fully saturated rings. The van der Waals surface area contributed by atoms with E-state index >= 15 is 0 Å². The number of hydrogen-bond donors (Lipinski definition) is 2. The Morgan fingerprint density at radius 2 is 2.08 bits per heavy atom. The summed E-state index contributed by atoms with van der Waals surface area (Å²) in [6.07, 6.45) is -0.441. The van der Waals surface area contributed by atoms with Gasteiger partial charge in [0.05, 0.1) is 5.02 Å². The Labute approximate surface area is 144 Å². The predicted octanol–water partition coefficient (Wildman–Crippen LogP) is 1.49. The monoisotopic (exact) mass is 373 g/mol. The first-order chi connectivity index (χ1) is 11.8. The highest BCUT2D eigenvalue weighted by Crippen LogP contribution is 2.41. The molecule has 9 nitrogen and oxygen atoms in total. The number of nitrogens with zero attached hydrogens (tertiary/aromatic N) is 5. The number of H-pyrrole nitrogens is 1. The number of amides is 1. The van der Waals surface area contributed by atoms with E-state index in [0.29, 0.717) is 0 Å². The molecule has 1 aliphatic rings. The van der Waals surface area contributed by atoms with Crippen LogP contribution in [0.5, 0.6) is 0 Å². The third kappa shape index (κ3) is 3.50. The van der Waals surface area contributed by atoms with Gasteiger partial charge in [0.15, 0.2) is 5.69 Å². The average Bonchev–Trinajstić information content (AvgIpc) is 3.05. The lowest BCUT2D eigenvalue weighted by Gasteiger charge is -2.28. The van der Waals surface area contributed by atoms with E-state index in [9.17, 15) is 18.4 Å². The van der Waals surface area contributed by atoms with Crippen molar-refractivity contribution in [3.8, 4) is 0 Å². The first-order valence-electron chi connectivity index (χ1n) is 7.48. The first kappa shape index (κ1) is 17.4. The molecule has 1 amide bonds. The molecule has 25 heavy (non-hydrogen) atoms. The van der Waals surface area contributed by atoms with Crippen LogP contribution in [0, 0.1) is 0 Å². The maximum atomic E-state index is 13.4. The van der Waals surface area contributed by atoms with Gasteiger partial charge in [-0.25, -0.2) is 13.5 Å². The van der Waals surface area contributed by atoms with Crippen LogP contribution in [0.3, 0.4) is 0 Å². The van der Waals surface area contributed by atoms with Gasteiger partial charge in [-0.15, -0.1) is 5.10 Å². The number of aromatic amines is 1. The Morgan fingerprint density at radius 1 is 1.40 bits per heavy atom. The number of anilines is 1. The smallest absolute Gasteiger partial charge is 0.280 e. The molecule has 2 N–H and O–H groups in total. The van der Waals surface area contributed by atoms with E-state index in [1.165, 1.54) is 7.05 Å². The molecule has 0 atom stereocenters. The lowest BCUT2D eigenvalue weighted by Crippen LogP contribution is -2.32. The van der Waals surface area contributed by atoms with Gasteiger partial charge in [-0.1, -0.05) is 16.7 Å². The number of nitrogens with one attached hydrogen (secondary N) is 2. The van der Waals surface area contributed by atoms with E-state index < -0.39 is 23.3 Å². The van der Waals surface area contributed by atoms with Crippen LogP contribution in [-0.4, -0.2) is 42.2 Å². The van der Waals surface area contributed by atoms with Crippen LogP contribution in [0.4, 0.5) is 14.7 Å². The van der Waals surface area contributed by atoms with Crippen LogP contribution in [0.2, 0.25) is 5.02 Å². The Morgan fingerprint density at radius 3 is 2.68 bits per heavy atom. The molecular weight excluding hydrogens is 360 g/mol. The highest BCUT2D eigenvalue weighted by Gasteiger charge is 2.37. The van der Waals surface area contributed by atoms with Gasteiger partial charge in [0, 0.05) is 25.5 Å². The average molecular weight is 374 g/mol. The van der Waals surface area contributed by atoms with Crippen molar-refractivity contribution in [3.63, 3.8) is 0 Å². The van der Waals surface area contributed by atoms with E-state index in [1.807, 2.05) is 0 Å². The summed E-state index contributed by atoms with van der Waals surface area (Å²) in [7, 11) is 1.37. The van der Waals surface area contributed by atoms with Crippen molar-refractivity contribution in [1.82, 2.24) is 30.4 Å². The molecule has 0 bridgehead atoms. The fraction of sp³-hybridized carbons (Fsp3) is 0.538. The van der Waals surface area contributed by atoms with Gasteiger partial charge in [-0.2, -0.15) is 10.3 Å². The second-order valence-electron chi connectivity index (χ2n) is 5.82. The number of halogens is 3. The molecule has 3 rings (SSSR count). The van der Waals surface area contributed by atoms with Gasteiger partial charge >= 0.3 is 0 Å². The van der Waals surface area contributed by atoms with Gasteiger partial charge in [0.2, 0.25) is 5.92 Å². The van der Waals surface area contributed by atoms with Crippen molar-refractivity contribution in [2.75, 3.05) is 5.32 Å². The minimum absolute atomic E-state index is 0.0874. The molecule has 0 spiro atoms. The number of aryl methyl sites for hydroxylation is 1. The van der Waals surface area contributed by atoms with Crippen LogP contribution >= 0.6 is 11.6 Å². The fourth-order valence-electron chi connectivity index (χ4n) is 2.84. The third-order valence-electron chi connectivity index (χ3n) is 4.13. The molecule has 2 aromatic rings. The summed E-state index contributed by atoms with van der Waals surface area (Å²) in [5.41, 5.74) is -0.579. The zero-order valence-corrected chi connectivity index (χ0v) is 13.8. The maximum absolute atomic E-state index is 13.4. The van der Waals surface area contributed by atoms with Crippen LogP contribution in [0.1, 0.15) is 47.7 Å². The quantitative estimate of drug-likeness (QED) is 0.841. The predicted molar refractivity (Wildman–Crippen MR) is 82.8 cm³/mol. The van der Waals surface area contributed by atoms with Crippen LogP contribution in [0.25, 0.3) is 0 Å². The molecule has 0 radical (unpaired) electrons. The summed E-state index contributed by atoms with van der Waals surface area (Å²) in [6.45, 7) is 0. The van der Waals surface area contributed by atoms with E-state index in [0.717, 1.165) is 4.68 Å². The summed E-state index contributed by atoms with van der Waals surface area (Å²) in [5.74, 6) is -4.01. The summed E-state index contributed by atoms with van der Waals surface area (Å²) in [4.78, 5) is 24.7. The molecule has 0 aromatic carbocycles. The number of aromatic nitrogens is 6. The largest absolute Gasteiger partial charge is 0.286 e. The molecule has 2 heterocycles. The summed E-state index contributed by atoms with van der Waals surface area (Å²) in [5, 5.41) is 18.7. The zero-order chi connectivity index (χ0) is 18.2. The second-order valence-corrected chi connectivity index (χ2v) is 6.20. The minimum Gasteiger partial charge on any atom is -0.286 e. The Bertz CT molecular complexity index is 843. The van der Waals surface area contributed by atoms with Gasteiger partial charge in [0.1, 0.15) is 0 Å². The second kappa shape index (κ2) is 6.47. The van der Waals surface area contributed by atoms with Crippen molar-refractivity contribution in [2.45, 2.75) is 37.5 Å². The van der Waals surface area contributed by atoms with Crippen LogP contribution in [0.15, 0.2) is 4.79 Å². The zero-order valence-electron chi connectivity index (χ0n) is 13.1. The standard InChI is InChI=1S/C13H14ClF2N7O2/c1-23-11(25)7(6-2-4-13(15,16)5-3-6)8(14)9(20-23)10(24)17-12-18-21-22-19-12/h6H,2-5H2,1H3,(H2,17,18,19,21,22,24). The summed E-state index contributed by atoms with van der Waals surface area (Å²) in [6, 6.07) is 0. The minimum atomic E-state index is -2.74. The fourth-order valence-corrected chi connectivity index (χ4v) is 3.20. The molecule has 0 aliphatic heterocycles. The van der Waals surface area contributed by atoms with E-state index in [2.05, 4.69) is 31.0 Å². The number of carbonyl (C=O) groups is 1. The molecule has 0 unspecified atom stereocenters. The lowest BCUT2D eigenvalue weighted by molar-refractivity contribution is -0.0383. The lowest BCUT2D eigenvalue weighted by atomic mass is 9.82. The normalized spacial score (nSPS) is 17.4. The van der Waals surface area contributed by atoms with Crippen molar-refractivity contribution >= 4 is 23.5 Å². The van der Waals surface area contributed by atoms with Gasteiger partial charge < -0.3 is 0 Å². The van der Waals surface area contributed by atoms with Gasteiger partial charge in [-0.05, 0) is 24.0 Å². The van der Waals surface area contributed by atoms with Crippen molar-refractivity contribution in [3.05, 3.63) is 26.6 Å². The van der Waals surface area contributed by atoms with Crippen LogP contribution in [-0.2, 0) is 7.05 Å². The van der Waals surface area contributed by atoms with Crippen LogP contribution < -0.4 is 10.9 Å². The molecule has 12 heteroatoms.